The van der Waals surface area contributed by atoms with Crippen molar-refractivity contribution in [2.75, 3.05) is 30.7 Å². The van der Waals surface area contributed by atoms with Gasteiger partial charge < -0.3 is 10.6 Å². The van der Waals surface area contributed by atoms with E-state index in [0.717, 1.165) is 22.2 Å². The van der Waals surface area contributed by atoms with Crippen molar-refractivity contribution in [2.24, 2.45) is 0 Å². The predicted molar refractivity (Wildman–Crippen MR) is 140 cm³/mol. The van der Waals surface area contributed by atoms with Crippen molar-refractivity contribution < 1.29 is 18.0 Å². The molecule has 0 bridgehead atoms. The molecule has 6 nitrogen and oxygen atoms in total. The first-order valence-electron chi connectivity index (χ1n) is 11.2. The van der Waals surface area contributed by atoms with Gasteiger partial charge in [0, 0.05) is 43.3 Å². The van der Waals surface area contributed by atoms with Crippen LogP contribution in [0.25, 0.3) is 10.9 Å². The number of alkyl halides is 1. The molecule has 5 rings (SSSR count). The molecule has 3 aromatic rings. The lowest BCUT2D eigenvalue weighted by molar-refractivity contribution is -0.113. The number of nitrogens with one attached hydrogen (secondary N) is 2. The number of pyridine rings is 2. The number of aromatic nitrogens is 2. The number of fused-ring (bicyclic) bond motifs is 2. The van der Waals surface area contributed by atoms with Crippen molar-refractivity contribution in [1.29, 1.82) is 0 Å². The second-order valence-corrected chi connectivity index (χ2v) is 9.60. The van der Waals surface area contributed by atoms with Crippen LogP contribution in [0.5, 0.6) is 0 Å². The number of carbonyl (C=O) groups excluding carboxylic acids is 1. The highest BCUT2D eigenvalue weighted by Gasteiger charge is 2.29. The standard InChI is InChI=1S/C24H24F3N5OS.2ClH/c25-15-9-17-14(3-6-28-23(17)18(26)10-15)4-7-32-8-5-20(19(27)12-32)29-11-16-1-2-21-24(30-16)31-22(33)13-34-21;;/h1-3,6,9-10,19-20,29H,4-5,7-8,11-13H2,(H,30,31,33);2*1H/t19-,20+;;/m0../s1. The van der Waals surface area contributed by atoms with Gasteiger partial charge in [0.05, 0.1) is 16.3 Å². The minimum atomic E-state index is -1.05. The molecular formula is C24H26Cl2F3N5OS. The molecule has 2 aliphatic rings. The van der Waals surface area contributed by atoms with E-state index in [9.17, 15) is 18.0 Å². The maximum absolute atomic E-state index is 14.9. The highest BCUT2D eigenvalue weighted by molar-refractivity contribution is 8.00. The number of nitrogens with zero attached hydrogens (tertiary/aromatic N) is 3. The highest BCUT2D eigenvalue weighted by Crippen LogP contribution is 2.29. The summed E-state index contributed by atoms with van der Waals surface area (Å²) in [5.74, 6) is -0.428. The average molecular weight is 560 g/mol. The minimum Gasteiger partial charge on any atom is -0.309 e. The Morgan fingerprint density at radius 2 is 2.03 bits per heavy atom. The quantitative estimate of drug-likeness (QED) is 0.462. The van der Waals surface area contributed by atoms with E-state index in [1.165, 1.54) is 24.0 Å². The normalized spacial score (nSPS) is 19.7. The largest absolute Gasteiger partial charge is 0.309 e. The Morgan fingerprint density at radius 3 is 2.83 bits per heavy atom. The van der Waals surface area contributed by atoms with Crippen LogP contribution in [-0.2, 0) is 17.8 Å². The number of amides is 1. The van der Waals surface area contributed by atoms with Crippen molar-refractivity contribution in [3.05, 3.63) is 59.4 Å². The molecule has 1 fully saturated rings. The van der Waals surface area contributed by atoms with Gasteiger partial charge in [0.25, 0.3) is 0 Å². The number of hydrogen-bond donors (Lipinski definition) is 2. The van der Waals surface area contributed by atoms with Crippen LogP contribution in [0.15, 0.2) is 41.4 Å². The molecule has 1 aromatic carbocycles. The number of piperidine rings is 1. The van der Waals surface area contributed by atoms with Crippen LogP contribution in [0, 0.1) is 11.6 Å². The zero-order chi connectivity index (χ0) is 23.7. The van der Waals surface area contributed by atoms with Crippen LogP contribution >= 0.6 is 36.6 Å². The van der Waals surface area contributed by atoms with Gasteiger partial charge in [-0.3, -0.25) is 14.7 Å². The third kappa shape index (κ3) is 6.41. The van der Waals surface area contributed by atoms with E-state index in [1.54, 1.807) is 6.07 Å². The third-order valence-corrected chi connectivity index (χ3v) is 7.30. The lowest BCUT2D eigenvalue weighted by Crippen LogP contribution is -2.51. The van der Waals surface area contributed by atoms with Crippen LogP contribution in [0.1, 0.15) is 17.7 Å². The third-order valence-electron chi connectivity index (χ3n) is 6.25. The molecule has 2 atom stereocenters. The van der Waals surface area contributed by atoms with Gasteiger partial charge in [-0.05, 0) is 49.2 Å². The van der Waals surface area contributed by atoms with Crippen molar-refractivity contribution in [3.63, 3.8) is 0 Å². The maximum Gasteiger partial charge on any atom is 0.235 e. The molecule has 194 valence electrons. The molecule has 0 unspecified atom stereocenters. The Labute approximate surface area is 223 Å². The van der Waals surface area contributed by atoms with Crippen LogP contribution in [-0.4, -0.2) is 58.4 Å². The zero-order valence-corrected chi connectivity index (χ0v) is 21.6. The molecule has 1 saturated heterocycles. The number of rotatable bonds is 6. The fourth-order valence-corrected chi connectivity index (χ4v) is 5.23. The van der Waals surface area contributed by atoms with E-state index in [-0.39, 0.29) is 48.8 Å². The van der Waals surface area contributed by atoms with Gasteiger partial charge in [-0.15, -0.1) is 36.6 Å². The predicted octanol–water partition coefficient (Wildman–Crippen LogP) is 4.54. The van der Waals surface area contributed by atoms with Gasteiger partial charge >= 0.3 is 0 Å². The number of halogens is 5. The molecule has 1 amide bonds. The molecular weight excluding hydrogens is 534 g/mol. The summed E-state index contributed by atoms with van der Waals surface area (Å²) >= 11 is 1.46. The summed E-state index contributed by atoms with van der Waals surface area (Å²) in [6.45, 7) is 2.01. The number of hydrogen-bond acceptors (Lipinski definition) is 6. The van der Waals surface area contributed by atoms with Crippen molar-refractivity contribution in [2.45, 2.75) is 36.5 Å². The van der Waals surface area contributed by atoms with Gasteiger partial charge in [-0.1, -0.05) is 0 Å². The van der Waals surface area contributed by atoms with Crippen LogP contribution in [0.4, 0.5) is 19.0 Å². The SMILES string of the molecule is Cl.Cl.O=C1CSc2ccc(CN[C@@H]3CCN(CCc4ccnc5c(F)cc(F)cc45)C[C@@H]3F)nc2N1. The molecule has 0 aliphatic carbocycles. The first-order chi connectivity index (χ1) is 16.5. The highest BCUT2D eigenvalue weighted by atomic mass is 35.5. The summed E-state index contributed by atoms with van der Waals surface area (Å²) in [7, 11) is 0. The number of thioether (sulfide) groups is 1. The van der Waals surface area contributed by atoms with Gasteiger partial charge in [0.1, 0.15) is 23.3 Å². The Kier molecular flexibility index (Phi) is 9.82. The summed E-state index contributed by atoms with van der Waals surface area (Å²) < 4.78 is 42.6. The van der Waals surface area contributed by atoms with Crippen LogP contribution in [0.3, 0.4) is 0 Å². The molecule has 4 heterocycles. The molecule has 2 aliphatic heterocycles. The summed E-state index contributed by atoms with van der Waals surface area (Å²) in [5, 5.41) is 6.49. The number of likely N-dealkylation sites (tertiary alicyclic amines) is 1. The molecule has 12 heteroatoms. The van der Waals surface area contributed by atoms with Gasteiger partial charge in [-0.2, -0.15) is 0 Å². The summed E-state index contributed by atoms with van der Waals surface area (Å²) in [6, 6.07) is 7.42. The monoisotopic (exact) mass is 559 g/mol. The summed E-state index contributed by atoms with van der Waals surface area (Å²) in [5.41, 5.74) is 1.70. The molecule has 0 saturated carbocycles. The van der Waals surface area contributed by atoms with Gasteiger partial charge in [-0.25, -0.2) is 18.2 Å². The topological polar surface area (TPSA) is 70.2 Å². The smallest absolute Gasteiger partial charge is 0.235 e. The van der Waals surface area contributed by atoms with Crippen molar-refractivity contribution in [1.82, 2.24) is 20.2 Å². The van der Waals surface area contributed by atoms with Gasteiger partial charge in [0.2, 0.25) is 5.91 Å². The maximum atomic E-state index is 14.9. The summed E-state index contributed by atoms with van der Waals surface area (Å²) in [6.07, 6.45) is 1.66. The Hall–Kier alpha value is -2.11. The fraction of sp³-hybridized carbons (Fsp3) is 0.375. The number of benzene rings is 1. The molecule has 2 N–H and O–H groups in total. The van der Waals surface area contributed by atoms with E-state index in [0.29, 0.717) is 49.4 Å². The van der Waals surface area contributed by atoms with E-state index in [4.69, 9.17) is 0 Å². The minimum absolute atomic E-state index is 0. The fourth-order valence-electron chi connectivity index (χ4n) is 4.47. The Bertz CT molecular complexity index is 1240. The lowest BCUT2D eigenvalue weighted by Gasteiger charge is -2.35. The van der Waals surface area contributed by atoms with Crippen molar-refractivity contribution >= 4 is 59.2 Å². The molecule has 2 aromatic heterocycles. The second kappa shape index (κ2) is 12.4. The van der Waals surface area contributed by atoms with Crippen molar-refractivity contribution in [3.8, 4) is 0 Å². The van der Waals surface area contributed by atoms with Crippen LogP contribution < -0.4 is 10.6 Å². The average Bonchev–Trinajstić information content (AvgIpc) is 2.82. The number of anilines is 1. The number of carbonyl (C=O) groups is 1. The van der Waals surface area contributed by atoms with Crippen LogP contribution in [0.2, 0.25) is 0 Å². The first-order valence-corrected chi connectivity index (χ1v) is 12.2. The lowest BCUT2D eigenvalue weighted by atomic mass is 10.0. The van der Waals surface area contributed by atoms with E-state index >= 15 is 0 Å². The Balaban J connectivity index is 0.00000180. The molecule has 0 radical (unpaired) electrons. The van der Waals surface area contributed by atoms with E-state index in [1.807, 2.05) is 17.0 Å². The first kappa shape index (κ1) is 28.5. The second-order valence-electron chi connectivity index (χ2n) is 8.58. The molecule has 36 heavy (non-hydrogen) atoms. The zero-order valence-electron chi connectivity index (χ0n) is 19.2. The Morgan fingerprint density at radius 1 is 1.19 bits per heavy atom. The summed E-state index contributed by atoms with van der Waals surface area (Å²) in [4.78, 5) is 23.1. The van der Waals surface area contributed by atoms with Gasteiger partial charge in [0.15, 0.2) is 5.82 Å². The van der Waals surface area contributed by atoms with E-state index < -0.39 is 17.8 Å². The molecule has 0 spiro atoms. The van der Waals surface area contributed by atoms with E-state index in [2.05, 4.69) is 20.6 Å².